The summed E-state index contributed by atoms with van der Waals surface area (Å²) < 4.78 is 26.3. The molecule has 136 valence electrons. The first-order valence-corrected chi connectivity index (χ1v) is 10.5. The first-order valence-electron chi connectivity index (χ1n) is 9.04. The quantitative estimate of drug-likeness (QED) is 0.740. The lowest BCUT2D eigenvalue weighted by atomic mass is 9.94. The largest absolute Gasteiger partial charge is 0.316 e. The standard InChI is InChI=1S/C20H23N3O2S/c1-3-19-18-11-16(5-7-20(18)23-22-19)26(24,25)15-4-6-17(13(2)10-15)14-8-9-21-12-14/h4-7,10-11,14,21H,3,8-9,12H2,1-2H3,(H,22,23). The Morgan fingerprint density at radius 3 is 2.62 bits per heavy atom. The van der Waals surface area contributed by atoms with Crippen molar-refractivity contribution in [3.8, 4) is 0 Å². The van der Waals surface area contributed by atoms with Crippen LogP contribution in [0.2, 0.25) is 0 Å². The van der Waals surface area contributed by atoms with Crippen LogP contribution in [0.15, 0.2) is 46.2 Å². The van der Waals surface area contributed by atoms with Gasteiger partial charge in [-0.15, -0.1) is 0 Å². The van der Waals surface area contributed by atoms with E-state index in [2.05, 4.69) is 15.5 Å². The van der Waals surface area contributed by atoms with Gasteiger partial charge in [-0.05, 0) is 73.7 Å². The van der Waals surface area contributed by atoms with Gasteiger partial charge in [-0.1, -0.05) is 13.0 Å². The second-order valence-electron chi connectivity index (χ2n) is 6.95. The molecule has 2 heterocycles. The molecule has 1 aliphatic heterocycles. The van der Waals surface area contributed by atoms with Gasteiger partial charge in [0.05, 0.1) is 15.3 Å². The molecule has 0 aliphatic carbocycles. The van der Waals surface area contributed by atoms with E-state index in [0.29, 0.717) is 15.7 Å². The highest BCUT2D eigenvalue weighted by atomic mass is 32.2. The van der Waals surface area contributed by atoms with Crippen LogP contribution in [0.3, 0.4) is 0 Å². The Hall–Kier alpha value is -2.18. The van der Waals surface area contributed by atoms with Crippen molar-refractivity contribution in [3.05, 3.63) is 53.2 Å². The van der Waals surface area contributed by atoms with Gasteiger partial charge in [-0.25, -0.2) is 8.42 Å². The van der Waals surface area contributed by atoms with E-state index >= 15 is 0 Å². The number of hydrogen-bond donors (Lipinski definition) is 2. The lowest BCUT2D eigenvalue weighted by Gasteiger charge is -2.14. The summed E-state index contributed by atoms with van der Waals surface area (Å²) in [6, 6.07) is 10.7. The Labute approximate surface area is 153 Å². The number of fused-ring (bicyclic) bond motifs is 1. The third-order valence-electron chi connectivity index (χ3n) is 5.32. The summed E-state index contributed by atoms with van der Waals surface area (Å²) in [5, 5.41) is 11.4. The van der Waals surface area contributed by atoms with E-state index in [1.807, 2.05) is 26.0 Å². The van der Waals surface area contributed by atoms with Gasteiger partial charge < -0.3 is 5.32 Å². The van der Waals surface area contributed by atoms with Crippen LogP contribution in [-0.2, 0) is 16.3 Å². The van der Waals surface area contributed by atoms with Crippen molar-refractivity contribution >= 4 is 20.7 Å². The van der Waals surface area contributed by atoms with E-state index in [1.165, 1.54) is 5.56 Å². The molecule has 1 aromatic heterocycles. The monoisotopic (exact) mass is 369 g/mol. The van der Waals surface area contributed by atoms with Gasteiger partial charge in [0.1, 0.15) is 0 Å². The van der Waals surface area contributed by atoms with Crippen molar-refractivity contribution in [1.82, 2.24) is 15.5 Å². The van der Waals surface area contributed by atoms with E-state index in [0.717, 1.165) is 48.1 Å². The minimum absolute atomic E-state index is 0.316. The smallest absolute Gasteiger partial charge is 0.206 e. The lowest BCUT2D eigenvalue weighted by molar-refractivity contribution is 0.596. The summed E-state index contributed by atoms with van der Waals surface area (Å²) in [6.07, 6.45) is 1.88. The molecule has 1 aliphatic rings. The number of H-pyrrole nitrogens is 1. The average molecular weight is 369 g/mol. The number of sulfone groups is 1. The fraction of sp³-hybridized carbons (Fsp3) is 0.350. The fourth-order valence-corrected chi connectivity index (χ4v) is 5.18. The van der Waals surface area contributed by atoms with E-state index in [9.17, 15) is 8.42 Å². The maximum Gasteiger partial charge on any atom is 0.206 e. The molecule has 0 saturated carbocycles. The molecule has 1 fully saturated rings. The molecule has 26 heavy (non-hydrogen) atoms. The zero-order valence-corrected chi connectivity index (χ0v) is 15.9. The van der Waals surface area contributed by atoms with Crippen molar-refractivity contribution < 1.29 is 8.42 Å². The van der Waals surface area contributed by atoms with Crippen molar-refractivity contribution in [2.45, 2.75) is 42.4 Å². The normalized spacial score (nSPS) is 17.8. The predicted octanol–water partition coefficient (Wildman–Crippen LogP) is 3.34. The predicted molar refractivity (Wildman–Crippen MR) is 102 cm³/mol. The molecule has 6 heteroatoms. The van der Waals surface area contributed by atoms with Crippen LogP contribution in [0.5, 0.6) is 0 Å². The second-order valence-corrected chi connectivity index (χ2v) is 8.90. The summed E-state index contributed by atoms with van der Waals surface area (Å²) >= 11 is 0. The molecule has 3 aromatic rings. The molecule has 0 amide bonds. The summed E-state index contributed by atoms with van der Waals surface area (Å²) in [5.41, 5.74) is 4.03. The summed E-state index contributed by atoms with van der Waals surface area (Å²) in [4.78, 5) is 0.668. The maximum absolute atomic E-state index is 13.1. The van der Waals surface area contributed by atoms with Crippen molar-refractivity contribution in [2.24, 2.45) is 0 Å². The first-order chi connectivity index (χ1) is 12.5. The number of nitrogens with one attached hydrogen (secondary N) is 2. The highest BCUT2D eigenvalue weighted by Crippen LogP contribution is 2.30. The molecule has 2 N–H and O–H groups in total. The Morgan fingerprint density at radius 2 is 1.92 bits per heavy atom. The van der Waals surface area contributed by atoms with Crippen LogP contribution in [0, 0.1) is 6.92 Å². The number of benzene rings is 2. The summed E-state index contributed by atoms with van der Waals surface area (Å²) in [6.45, 7) is 6.01. The van der Waals surface area contributed by atoms with Gasteiger partial charge in [0.25, 0.3) is 0 Å². The Balaban J connectivity index is 1.75. The SMILES string of the molecule is CCc1[nH]nc2ccc(S(=O)(=O)c3ccc(C4CCNC4)c(C)c3)cc12. The fourth-order valence-electron chi connectivity index (χ4n) is 3.81. The van der Waals surface area contributed by atoms with E-state index in [4.69, 9.17) is 0 Å². The summed E-state index contributed by atoms with van der Waals surface area (Å²) in [7, 11) is -3.55. The second kappa shape index (κ2) is 6.52. The van der Waals surface area contributed by atoms with Gasteiger partial charge in [-0.3, -0.25) is 5.10 Å². The number of rotatable bonds is 4. The van der Waals surface area contributed by atoms with Crippen LogP contribution < -0.4 is 5.32 Å². The van der Waals surface area contributed by atoms with Gasteiger partial charge in [0.2, 0.25) is 9.84 Å². The molecular formula is C20H23N3O2S. The first kappa shape index (κ1) is 17.2. The zero-order chi connectivity index (χ0) is 18.3. The number of aromatic nitrogens is 2. The number of aromatic amines is 1. The molecule has 0 bridgehead atoms. The van der Waals surface area contributed by atoms with Gasteiger partial charge in [0, 0.05) is 17.6 Å². The van der Waals surface area contributed by atoms with E-state index in [1.54, 1.807) is 24.3 Å². The van der Waals surface area contributed by atoms with Crippen LogP contribution in [0.4, 0.5) is 0 Å². The highest BCUT2D eigenvalue weighted by molar-refractivity contribution is 7.91. The van der Waals surface area contributed by atoms with Crippen LogP contribution in [-0.4, -0.2) is 31.7 Å². The highest BCUT2D eigenvalue weighted by Gasteiger charge is 2.23. The van der Waals surface area contributed by atoms with Gasteiger partial charge in [-0.2, -0.15) is 5.10 Å². The average Bonchev–Trinajstić information content (AvgIpc) is 3.30. The van der Waals surface area contributed by atoms with Gasteiger partial charge in [0.15, 0.2) is 0 Å². The van der Waals surface area contributed by atoms with Crippen LogP contribution >= 0.6 is 0 Å². The number of hydrogen-bond acceptors (Lipinski definition) is 4. The molecule has 0 spiro atoms. The van der Waals surface area contributed by atoms with Crippen molar-refractivity contribution in [3.63, 3.8) is 0 Å². The lowest BCUT2D eigenvalue weighted by Crippen LogP contribution is -2.09. The Morgan fingerprint density at radius 1 is 1.15 bits per heavy atom. The van der Waals surface area contributed by atoms with Crippen LogP contribution in [0.25, 0.3) is 10.9 Å². The molecule has 2 aromatic carbocycles. The topological polar surface area (TPSA) is 74.8 Å². The minimum atomic E-state index is -3.55. The molecule has 1 saturated heterocycles. The van der Waals surface area contributed by atoms with Crippen molar-refractivity contribution in [1.29, 1.82) is 0 Å². The Kier molecular flexibility index (Phi) is 4.32. The third-order valence-corrected chi connectivity index (χ3v) is 7.07. The zero-order valence-electron chi connectivity index (χ0n) is 15.0. The Bertz CT molecular complexity index is 1060. The molecule has 5 nitrogen and oxygen atoms in total. The number of nitrogens with zero attached hydrogens (tertiary/aromatic N) is 1. The minimum Gasteiger partial charge on any atom is -0.316 e. The van der Waals surface area contributed by atoms with E-state index in [-0.39, 0.29) is 0 Å². The molecule has 4 rings (SSSR count). The van der Waals surface area contributed by atoms with Crippen LogP contribution in [0.1, 0.15) is 36.1 Å². The molecule has 0 radical (unpaired) electrons. The maximum atomic E-state index is 13.1. The van der Waals surface area contributed by atoms with Gasteiger partial charge >= 0.3 is 0 Å². The number of aryl methyl sites for hydroxylation is 2. The third kappa shape index (κ3) is 2.83. The van der Waals surface area contributed by atoms with E-state index < -0.39 is 9.84 Å². The van der Waals surface area contributed by atoms with Crippen molar-refractivity contribution in [2.75, 3.05) is 13.1 Å². The summed E-state index contributed by atoms with van der Waals surface area (Å²) in [5.74, 6) is 0.473. The molecule has 1 unspecified atom stereocenters. The molecule has 1 atom stereocenters. The molecular weight excluding hydrogens is 346 g/mol.